The number of aromatic nitrogens is 1. The second-order valence-electron chi connectivity index (χ2n) is 6.39. The standard InChI is InChI=1S/C21H17F2N3O2/c22-16-5-4-15-7-9-26(19(15)11-16)21(27)25-12-14-3-6-20(18(23)10-14)28-17-2-1-8-24-13-17/h1-6,8,10-11,13H,7,9,12H2,(H,25,27). The minimum Gasteiger partial charge on any atom is -0.453 e. The van der Waals surface area contributed by atoms with Crippen molar-refractivity contribution in [3.05, 3.63) is 83.7 Å². The molecule has 2 heterocycles. The van der Waals surface area contributed by atoms with Crippen molar-refractivity contribution in [2.24, 2.45) is 0 Å². The summed E-state index contributed by atoms with van der Waals surface area (Å²) in [4.78, 5) is 17.9. The Labute approximate surface area is 160 Å². The first kappa shape index (κ1) is 17.9. The zero-order chi connectivity index (χ0) is 19.5. The molecule has 0 fully saturated rings. The van der Waals surface area contributed by atoms with Gasteiger partial charge in [-0.3, -0.25) is 9.88 Å². The van der Waals surface area contributed by atoms with Crippen LogP contribution in [0.5, 0.6) is 11.5 Å². The van der Waals surface area contributed by atoms with Gasteiger partial charge in [0.15, 0.2) is 11.6 Å². The molecule has 0 aliphatic carbocycles. The maximum Gasteiger partial charge on any atom is 0.322 e. The summed E-state index contributed by atoms with van der Waals surface area (Å²) in [5.74, 6) is -0.414. The Morgan fingerprint density at radius 1 is 1.18 bits per heavy atom. The van der Waals surface area contributed by atoms with E-state index in [1.54, 1.807) is 30.5 Å². The Balaban J connectivity index is 1.40. The molecular weight excluding hydrogens is 364 g/mol. The van der Waals surface area contributed by atoms with E-state index in [0.717, 1.165) is 5.56 Å². The first-order chi connectivity index (χ1) is 13.6. The molecule has 1 aromatic heterocycles. The number of halogens is 2. The maximum absolute atomic E-state index is 14.3. The molecule has 28 heavy (non-hydrogen) atoms. The number of ether oxygens (including phenoxy) is 1. The number of pyridine rings is 1. The van der Waals surface area contributed by atoms with Gasteiger partial charge in [-0.05, 0) is 53.9 Å². The van der Waals surface area contributed by atoms with Crippen LogP contribution < -0.4 is 15.0 Å². The van der Waals surface area contributed by atoms with Gasteiger partial charge in [-0.2, -0.15) is 0 Å². The van der Waals surface area contributed by atoms with Crippen LogP contribution in [0.1, 0.15) is 11.1 Å². The van der Waals surface area contributed by atoms with Gasteiger partial charge in [0.1, 0.15) is 11.6 Å². The number of carbonyl (C=O) groups is 1. The lowest BCUT2D eigenvalue weighted by Crippen LogP contribution is -2.38. The largest absolute Gasteiger partial charge is 0.453 e. The van der Waals surface area contributed by atoms with E-state index in [4.69, 9.17) is 4.74 Å². The van der Waals surface area contributed by atoms with Gasteiger partial charge in [0.25, 0.3) is 0 Å². The quantitative estimate of drug-likeness (QED) is 0.728. The minimum atomic E-state index is -0.538. The number of nitrogens with one attached hydrogen (secondary N) is 1. The van der Waals surface area contributed by atoms with Gasteiger partial charge < -0.3 is 10.1 Å². The number of rotatable bonds is 4. The van der Waals surface area contributed by atoms with Crippen LogP contribution in [0.25, 0.3) is 0 Å². The maximum atomic E-state index is 14.3. The van der Waals surface area contributed by atoms with E-state index in [1.807, 2.05) is 0 Å². The Bertz CT molecular complexity index is 1010. The molecule has 7 heteroatoms. The van der Waals surface area contributed by atoms with Gasteiger partial charge in [-0.1, -0.05) is 12.1 Å². The van der Waals surface area contributed by atoms with Gasteiger partial charge in [0, 0.05) is 19.3 Å². The number of urea groups is 1. The predicted molar refractivity (Wildman–Crippen MR) is 100 cm³/mol. The van der Waals surface area contributed by atoms with Gasteiger partial charge in [-0.25, -0.2) is 13.6 Å². The normalized spacial score (nSPS) is 12.6. The summed E-state index contributed by atoms with van der Waals surface area (Å²) < 4.78 is 33.2. The molecule has 142 valence electrons. The topological polar surface area (TPSA) is 54.5 Å². The van der Waals surface area contributed by atoms with Gasteiger partial charge in [-0.15, -0.1) is 0 Å². The Hall–Kier alpha value is -3.48. The van der Waals surface area contributed by atoms with E-state index in [-0.39, 0.29) is 24.1 Å². The van der Waals surface area contributed by atoms with E-state index in [0.29, 0.717) is 30.0 Å². The molecule has 0 saturated carbocycles. The first-order valence-electron chi connectivity index (χ1n) is 8.80. The third-order valence-corrected chi connectivity index (χ3v) is 4.49. The monoisotopic (exact) mass is 381 g/mol. The summed E-state index contributed by atoms with van der Waals surface area (Å²) in [6, 6.07) is 11.9. The van der Waals surface area contributed by atoms with Crippen LogP contribution in [0.2, 0.25) is 0 Å². The molecule has 0 spiro atoms. The molecule has 0 unspecified atom stereocenters. The van der Waals surface area contributed by atoms with Gasteiger partial charge >= 0.3 is 6.03 Å². The van der Waals surface area contributed by atoms with Crippen molar-refractivity contribution in [3.63, 3.8) is 0 Å². The third kappa shape index (κ3) is 3.78. The Morgan fingerprint density at radius 2 is 2.07 bits per heavy atom. The number of carbonyl (C=O) groups excluding carboxylic acids is 1. The molecule has 4 rings (SSSR count). The van der Waals surface area contributed by atoms with Crippen LogP contribution in [-0.2, 0) is 13.0 Å². The lowest BCUT2D eigenvalue weighted by Gasteiger charge is -2.18. The smallest absolute Gasteiger partial charge is 0.322 e. The van der Waals surface area contributed by atoms with Crippen LogP contribution in [0.15, 0.2) is 60.9 Å². The third-order valence-electron chi connectivity index (χ3n) is 4.49. The zero-order valence-electron chi connectivity index (χ0n) is 14.9. The fourth-order valence-corrected chi connectivity index (χ4v) is 3.11. The highest BCUT2D eigenvalue weighted by atomic mass is 19.1. The van der Waals surface area contributed by atoms with E-state index in [9.17, 15) is 13.6 Å². The van der Waals surface area contributed by atoms with Crippen LogP contribution in [0.3, 0.4) is 0 Å². The van der Waals surface area contributed by atoms with Crippen molar-refractivity contribution in [3.8, 4) is 11.5 Å². The van der Waals surface area contributed by atoms with E-state index >= 15 is 0 Å². The average Bonchev–Trinajstić information content (AvgIpc) is 3.12. The summed E-state index contributed by atoms with van der Waals surface area (Å²) in [7, 11) is 0. The summed E-state index contributed by atoms with van der Waals surface area (Å²) in [5, 5.41) is 2.74. The van der Waals surface area contributed by atoms with E-state index in [2.05, 4.69) is 10.3 Å². The van der Waals surface area contributed by atoms with Crippen molar-refractivity contribution >= 4 is 11.7 Å². The molecule has 0 bridgehead atoms. The second-order valence-corrected chi connectivity index (χ2v) is 6.39. The molecule has 3 aromatic rings. The van der Waals surface area contributed by atoms with Crippen LogP contribution in [0, 0.1) is 11.6 Å². The molecular formula is C21H17F2N3O2. The number of benzene rings is 2. The highest BCUT2D eigenvalue weighted by Crippen LogP contribution is 2.29. The first-order valence-corrected chi connectivity index (χ1v) is 8.80. The lowest BCUT2D eigenvalue weighted by atomic mass is 10.2. The van der Waals surface area contributed by atoms with Crippen LogP contribution in [0.4, 0.5) is 19.3 Å². The summed E-state index contributed by atoms with van der Waals surface area (Å²) >= 11 is 0. The fraction of sp³-hybridized carbons (Fsp3) is 0.143. The highest BCUT2D eigenvalue weighted by molar-refractivity contribution is 5.94. The average molecular weight is 381 g/mol. The van der Waals surface area contributed by atoms with Gasteiger partial charge in [0.2, 0.25) is 0 Å². The lowest BCUT2D eigenvalue weighted by molar-refractivity contribution is 0.246. The Kier molecular flexibility index (Phi) is 4.89. The minimum absolute atomic E-state index is 0.0759. The summed E-state index contributed by atoms with van der Waals surface area (Å²) in [5.41, 5.74) is 2.09. The second kappa shape index (κ2) is 7.64. The number of fused-ring (bicyclic) bond motifs is 1. The predicted octanol–water partition coefficient (Wildman–Crippen LogP) is 4.42. The number of nitrogens with zero attached hydrogens (tertiary/aromatic N) is 2. The van der Waals surface area contributed by atoms with Gasteiger partial charge in [0.05, 0.1) is 11.9 Å². The van der Waals surface area contributed by atoms with Crippen molar-refractivity contribution in [1.29, 1.82) is 0 Å². The number of hydrogen-bond acceptors (Lipinski definition) is 3. The summed E-state index contributed by atoms with van der Waals surface area (Å²) in [6.45, 7) is 0.626. The van der Waals surface area contributed by atoms with Crippen molar-refractivity contribution < 1.29 is 18.3 Å². The molecule has 2 amide bonds. The van der Waals surface area contributed by atoms with Crippen molar-refractivity contribution in [1.82, 2.24) is 10.3 Å². The SMILES string of the molecule is O=C(NCc1ccc(Oc2cccnc2)c(F)c1)N1CCc2ccc(F)cc21. The summed E-state index contributed by atoms with van der Waals surface area (Å²) in [6.07, 6.45) is 3.77. The molecule has 0 saturated heterocycles. The fourth-order valence-electron chi connectivity index (χ4n) is 3.11. The van der Waals surface area contributed by atoms with E-state index < -0.39 is 5.82 Å². The van der Waals surface area contributed by atoms with Crippen molar-refractivity contribution in [2.45, 2.75) is 13.0 Å². The molecule has 1 aliphatic heterocycles. The molecule has 1 aliphatic rings. The Morgan fingerprint density at radius 3 is 2.86 bits per heavy atom. The molecule has 0 radical (unpaired) electrons. The molecule has 1 N–H and O–H groups in total. The van der Waals surface area contributed by atoms with Crippen molar-refractivity contribution in [2.75, 3.05) is 11.4 Å². The molecule has 0 atom stereocenters. The zero-order valence-corrected chi connectivity index (χ0v) is 14.9. The number of hydrogen-bond donors (Lipinski definition) is 1. The highest BCUT2D eigenvalue weighted by Gasteiger charge is 2.24. The molecule has 5 nitrogen and oxygen atoms in total. The molecule has 2 aromatic carbocycles. The van der Waals surface area contributed by atoms with Crippen LogP contribution >= 0.6 is 0 Å². The van der Waals surface area contributed by atoms with Crippen LogP contribution in [-0.4, -0.2) is 17.6 Å². The van der Waals surface area contributed by atoms with E-state index in [1.165, 1.54) is 35.4 Å². The number of amides is 2. The number of anilines is 1.